The highest BCUT2D eigenvalue weighted by atomic mass is 35.5. The summed E-state index contributed by atoms with van der Waals surface area (Å²) in [5.41, 5.74) is 3.90. The molecule has 3 aromatic rings. The summed E-state index contributed by atoms with van der Waals surface area (Å²) in [4.78, 5) is 30.3. The van der Waals surface area contributed by atoms with Crippen LogP contribution in [0.5, 0.6) is 0 Å². The van der Waals surface area contributed by atoms with Gasteiger partial charge in [0.05, 0.1) is 34.1 Å². The van der Waals surface area contributed by atoms with Crippen LogP contribution >= 0.6 is 11.6 Å². The van der Waals surface area contributed by atoms with E-state index in [9.17, 15) is 9.59 Å². The molecular weight excluding hydrogens is 424 g/mol. The van der Waals surface area contributed by atoms with Crippen molar-refractivity contribution in [1.29, 1.82) is 0 Å². The van der Waals surface area contributed by atoms with E-state index < -0.39 is 0 Å². The predicted octanol–water partition coefficient (Wildman–Crippen LogP) is 4.51. The molecule has 0 spiro atoms. The van der Waals surface area contributed by atoms with Crippen LogP contribution in [0.25, 0.3) is 5.69 Å². The predicted molar refractivity (Wildman–Crippen MR) is 123 cm³/mol. The van der Waals surface area contributed by atoms with Gasteiger partial charge in [0.2, 0.25) is 0 Å². The van der Waals surface area contributed by atoms with E-state index in [-0.39, 0.29) is 29.8 Å². The lowest BCUT2D eigenvalue weighted by Gasteiger charge is -2.47. The minimum Gasteiger partial charge on any atom is -0.334 e. The van der Waals surface area contributed by atoms with E-state index in [2.05, 4.69) is 13.8 Å². The first kappa shape index (κ1) is 20.8. The quantitative estimate of drug-likeness (QED) is 0.590. The number of likely N-dealkylation sites (tertiary alicyclic amines) is 1. The molecule has 3 heterocycles. The van der Waals surface area contributed by atoms with Crippen molar-refractivity contribution < 1.29 is 9.59 Å². The lowest BCUT2D eigenvalue weighted by Crippen LogP contribution is -2.62. The first-order chi connectivity index (χ1) is 15.4. The Balaban J connectivity index is 1.44. The van der Waals surface area contributed by atoms with Gasteiger partial charge in [-0.25, -0.2) is 4.68 Å². The molecule has 0 bridgehead atoms. The maximum Gasteiger partial charge on any atom is 0.273 e. The van der Waals surface area contributed by atoms with Gasteiger partial charge in [0, 0.05) is 18.7 Å². The summed E-state index contributed by atoms with van der Waals surface area (Å²) in [6.45, 7) is 7.23. The molecular formula is C25H25ClN4O2. The Kier molecular flexibility index (Phi) is 5.05. The van der Waals surface area contributed by atoms with Gasteiger partial charge in [-0.05, 0) is 37.1 Å². The second-order valence-corrected chi connectivity index (χ2v) is 9.25. The largest absolute Gasteiger partial charge is 0.334 e. The number of rotatable bonds is 4. The molecule has 32 heavy (non-hydrogen) atoms. The summed E-state index contributed by atoms with van der Waals surface area (Å²) in [6.07, 6.45) is 0. The number of aromatic nitrogens is 2. The molecule has 0 N–H and O–H groups in total. The maximum atomic E-state index is 13.7. The Morgan fingerprint density at radius 3 is 2.38 bits per heavy atom. The summed E-state index contributed by atoms with van der Waals surface area (Å²) >= 11 is 6.21. The second-order valence-electron chi connectivity index (χ2n) is 8.84. The summed E-state index contributed by atoms with van der Waals surface area (Å²) in [5.74, 6) is 0.113. The third kappa shape index (κ3) is 3.13. The number of benzene rings is 2. The van der Waals surface area contributed by atoms with E-state index in [1.807, 2.05) is 54.3 Å². The molecule has 5 rings (SSSR count). The highest BCUT2D eigenvalue weighted by Gasteiger charge is 2.50. The molecule has 1 saturated heterocycles. The molecule has 7 heteroatoms. The molecule has 0 radical (unpaired) electrons. The standard InChI is InChI=1S/C25H25ClN4O2/c1-15(2)22-21-16(3)27-30(17-9-5-4-6-10-17)23(21)25(32)29(22)18-13-28(14-18)24(31)19-11-7-8-12-20(19)26/h4-12,15,18,22H,13-14H2,1-3H3. The first-order valence-corrected chi connectivity index (χ1v) is 11.3. The third-order valence-electron chi connectivity index (χ3n) is 6.42. The number of carbonyl (C=O) groups excluding carboxylic acids is 2. The lowest BCUT2D eigenvalue weighted by molar-refractivity contribution is 0.00830. The van der Waals surface area contributed by atoms with Gasteiger partial charge in [-0.1, -0.05) is 55.8 Å². The van der Waals surface area contributed by atoms with Crippen molar-refractivity contribution in [2.45, 2.75) is 32.9 Å². The number of hydrogen-bond acceptors (Lipinski definition) is 3. The summed E-state index contributed by atoms with van der Waals surface area (Å²) in [6, 6.07) is 16.7. The van der Waals surface area contributed by atoms with Gasteiger partial charge in [0.1, 0.15) is 5.69 Å². The van der Waals surface area contributed by atoms with Crippen molar-refractivity contribution >= 4 is 23.4 Å². The smallest absolute Gasteiger partial charge is 0.273 e. The normalized spacial score (nSPS) is 18.3. The molecule has 2 aromatic carbocycles. The number of carbonyl (C=O) groups is 2. The van der Waals surface area contributed by atoms with Crippen LogP contribution < -0.4 is 0 Å². The molecule has 164 valence electrons. The molecule has 2 aliphatic rings. The molecule has 2 aliphatic heterocycles. The minimum atomic E-state index is -0.0938. The van der Waals surface area contributed by atoms with Crippen molar-refractivity contribution in [3.8, 4) is 5.69 Å². The van der Waals surface area contributed by atoms with Crippen molar-refractivity contribution in [2.24, 2.45) is 5.92 Å². The van der Waals surface area contributed by atoms with E-state index in [0.29, 0.717) is 29.4 Å². The van der Waals surface area contributed by atoms with Gasteiger partial charge in [0.15, 0.2) is 0 Å². The van der Waals surface area contributed by atoms with Gasteiger partial charge in [0.25, 0.3) is 11.8 Å². The van der Waals surface area contributed by atoms with Crippen LogP contribution in [0.3, 0.4) is 0 Å². The zero-order valence-corrected chi connectivity index (χ0v) is 19.1. The second kappa shape index (κ2) is 7.78. The molecule has 2 amide bonds. The average molecular weight is 449 g/mol. The minimum absolute atomic E-state index is 0.0157. The van der Waals surface area contributed by atoms with Crippen LogP contribution in [0.15, 0.2) is 54.6 Å². The Morgan fingerprint density at radius 2 is 1.72 bits per heavy atom. The first-order valence-electron chi connectivity index (χ1n) is 10.9. The zero-order valence-electron chi connectivity index (χ0n) is 18.3. The van der Waals surface area contributed by atoms with Crippen LogP contribution in [0.1, 0.15) is 52.0 Å². The number of fused-ring (bicyclic) bond motifs is 1. The number of amides is 2. The van der Waals surface area contributed by atoms with Crippen molar-refractivity contribution in [1.82, 2.24) is 19.6 Å². The molecule has 1 atom stereocenters. The molecule has 0 aliphatic carbocycles. The van der Waals surface area contributed by atoms with Gasteiger partial charge in [-0.15, -0.1) is 0 Å². The number of aryl methyl sites for hydroxylation is 1. The fourth-order valence-corrected chi connectivity index (χ4v) is 5.11. The highest BCUT2D eigenvalue weighted by molar-refractivity contribution is 6.33. The van der Waals surface area contributed by atoms with Crippen LogP contribution in [-0.2, 0) is 0 Å². The van der Waals surface area contributed by atoms with Gasteiger partial charge in [-0.3, -0.25) is 9.59 Å². The van der Waals surface area contributed by atoms with E-state index >= 15 is 0 Å². The number of halogens is 1. The monoisotopic (exact) mass is 448 g/mol. The molecule has 1 aromatic heterocycles. The van der Waals surface area contributed by atoms with E-state index in [0.717, 1.165) is 16.9 Å². The lowest BCUT2D eigenvalue weighted by atomic mass is 9.94. The maximum absolute atomic E-state index is 13.7. The van der Waals surface area contributed by atoms with Crippen LogP contribution in [0.4, 0.5) is 0 Å². The fourth-order valence-electron chi connectivity index (χ4n) is 4.89. The summed E-state index contributed by atoms with van der Waals surface area (Å²) in [5, 5.41) is 5.15. The van der Waals surface area contributed by atoms with Gasteiger partial charge in [-0.2, -0.15) is 5.10 Å². The number of hydrogen-bond donors (Lipinski definition) is 0. The van der Waals surface area contributed by atoms with Crippen LogP contribution in [-0.4, -0.2) is 50.5 Å². The van der Waals surface area contributed by atoms with Crippen LogP contribution in [0.2, 0.25) is 5.02 Å². The Labute approximate surface area is 192 Å². The Morgan fingerprint density at radius 1 is 1.06 bits per heavy atom. The zero-order chi connectivity index (χ0) is 22.6. The number of nitrogens with zero attached hydrogens (tertiary/aromatic N) is 4. The van der Waals surface area contributed by atoms with Crippen molar-refractivity contribution in [3.63, 3.8) is 0 Å². The fraction of sp³-hybridized carbons (Fsp3) is 0.320. The molecule has 0 saturated carbocycles. The highest BCUT2D eigenvalue weighted by Crippen LogP contribution is 2.44. The molecule has 6 nitrogen and oxygen atoms in total. The number of para-hydroxylation sites is 1. The SMILES string of the molecule is Cc1nn(-c2ccccc2)c2c1C(C(C)C)N(C1CN(C(=O)c3ccccc3Cl)C1)C2=O. The van der Waals surface area contributed by atoms with Gasteiger partial charge < -0.3 is 9.80 Å². The van der Waals surface area contributed by atoms with Crippen molar-refractivity contribution in [2.75, 3.05) is 13.1 Å². The van der Waals surface area contributed by atoms with E-state index in [4.69, 9.17) is 16.7 Å². The van der Waals surface area contributed by atoms with E-state index in [1.54, 1.807) is 21.7 Å². The van der Waals surface area contributed by atoms with Crippen LogP contribution in [0, 0.1) is 12.8 Å². The summed E-state index contributed by atoms with van der Waals surface area (Å²) in [7, 11) is 0. The third-order valence-corrected chi connectivity index (χ3v) is 6.75. The van der Waals surface area contributed by atoms with E-state index in [1.165, 1.54) is 0 Å². The average Bonchev–Trinajstić information content (AvgIpc) is 3.24. The Bertz CT molecular complexity index is 1200. The van der Waals surface area contributed by atoms with Gasteiger partial charge >= 0.3 is 0 Å². The van der Waals surface area contributed by atoms with Crippen molar-refractivity contribution in [3.05, 3.63) is 82.1 Å². The summed E-state index contributed by atoms with van der Waals surface area (Å²) < 4.78 is 1.77. The Hall–Kier alpha value is -3.12. The molecule has 1 fully saturated rings. The topological polar surface area (TPSA) is 58.4 Å². The molecule has 1 unspecified atom stereocenters.